The first kappa shape index (κ1) is 23.1. The Labute approximate surface area is 194 Å². The van der Waals surface area contributed by atoms with E-state index in [0.717, 1.165) is 28.0 Å². The van der Waals surface area contributed by atoms with Crippen LogP contribution in [0.2, 0.25) is 0 Å². The Morgan fingerprint density at radius 3 is 2.30 bits per heavy atom. The fourth-order valence-corrected chi connectivity index (χ4v) is 4.48. The van der Waals surface area contributed by atoms with Crippen molar-refractivity contribution < 1.29 is 33.5 Å². The van der Waals surface area contributed by atoms with Gasteiger partial charge in [0.15, 0.2) is 17.6 Å². The van der Waals surface area contributed by atoms with Gasteiger partial charge in [0, 0.05) is 29.2 Å². The summed E-state index contributed by atoms with van der Waals surface area (Å²) < 4.78 is 35.3. The average Bonchev–Trinajstić information content (AvgIpc) is 2.83. The van der Waals surface area contributed by atoms with Crippen LogP contribution in [0.3, 0.4) is 0 Å². The van der Waals surface area contributed by atoms with Crippen LogP contribution < -0.4 is 23.7 Å². The van der Waals surface area contributed by atoms with Crippen LogP contribution in [0.4, 0.5) is 0 Å². The first-order chi connectivity index (χ1) is 15.9. The molecule has 0 saturated heterocycles. The molecular formula is C26H32O7. The van der Waals surface area contributed by atoms with Crippen molar-refractivity contribution in [2.24, 2.45) is 0 Å². The van der Waals surface area contributed by atoms with Crippen molar-refractivity contribution in [2.75, 3.05) is 27.9 Å². The van der Waals surface area contributed by atoms with Gasteiger partial charge in [0.05, 0.1) is 33.0 Å². The van der Waals surface area contributed by atoms with Gasteiger partial charge in [-0.2, -0.15) is 0 Å². The molecule has 0 saturated carbocycles. The summed E-state index contributed by atoms with van der Waals surface area (Å²) in [5.74, 6) is 3.98. The summed E-state index contributed by atoms with van der Waals surface area (Å²) in [6.45, 7) is 8.09. The van der Waals surface area contributed by atoms with E-state index in [0.29, 0.717) is 41.8 Å². The monoisotopic (exact) mass is 456 g/mol. The van der Waals surface area contributed by atoms with E-state index in [4.69, 9.17) is 28.4 Å². The molecule has 1 unspecified atom stereocenters. The molecule has 178 valence electrons. The van der Waals surface area contributed by atoms with Gasteiger partial charge in [0.2, 0.25) is 0 Å². The normalized spacial score (nSPS) is 21.3. The standard InChI is InChI=1S/C24H26O7.C2H6/c1-24(2)20(25)9-14-15(31-24)7-6-12-22(14)30-19-11-29-16-10-18(27-4)17(26-3)8-13(16)21(19)23(12)28-5;1-2/h6-8,10,19-20,25H,9,11H2,1-5H3;1-2H3/t19-,20?;/m1./s1. The second-order valence-corrected chi connectivity index (χ2v) is 8.41. The molecule has 0 aliphatic carbocycles. The maximum atomic E-state index is 10.6. The molecule has 3 aliphatic rings. The van der Waals surface area contributed by atoms with Crippen molar-refractivity contribution in [1.82, 2.24) is 0 Å². The van der Waals surface area contributed by atoms with Crippen molar-refractivity contribution in [3.63, 3.8) is 0 Å². The highest BCUT2D eigenvalue weighted by atomic mass is 16.6. The smallest absolute Gasteiger partial charge is 0.164 e. The number of benzene rings is 2. The van der Waals surface area contributed by atoms with Gasteiger partial charge in [-0.05, 0) is 32.0 Å². The van der Waals surface area contributed by atoms with Crippen molar-refractivity contribution in [3.05, 3.63) is 41.0 Å². The highest BCUT2D eigenvalue weighted by Gasteiger charge is 2.42. The first-order valence-corrected chi connectivity index (χ1v) is 11.2. The number of hydrogen-bond acceptors (Lipinski definition) is 7. The summed E-state index contributed by atoms with van der Waals surface area (Å²) in [7, 11) is 4.84. The van der Waals surface area contributed by atoms with Gasteiger partial charge < -0.3 is 33.5 Å². The van der Waals surface area contributed by atoms with E-state index in [9.17, 15) is 5.11 Å². The van der Waals surface area contributed by atoms with Gasteiger partial charge in [-0.25, -0.2) is 0 Å². The summed E-state index contributed by atoms with van der Waals surface area (Å²) in [4.78, 5) is 0. The number of methoxy groups -OCH3 is 3. The van der Waals surface area contributed by atoms with E-state index in [-0.39, 0.29) is 6.10 Å². The quantitative estimate of drug-likeness (QED) is 0.730. The summed E-state index contributed by atoms with van der Waals surface area (Å²) in [5.41, 5.74) is 2.74. The maximum absolute atomic E-state index is 10.6. The summed E-state index contributed by atoms with van der Waals surface area (Å²) in [5, 5.41) is 10.6. The van der Waals surface area contributed by atoms with Gasteiger partial charge in [-0.15, -0.1) is 0 Å². The number of ether oxygens (including phenoxy) is 6. The van der Waals surface area contributed by atoms with E-state index >= 15 is 0 Å². The topological polar surface area (TPSA) is 75.6 Å². The number of rotatable bonds is 3. The minimum Gasteiger partial charge on any atom is -0.496 e. The molecule has 5 rings (SSSR count). The molecule has 3 aliphatic heterocycles. The first-order valence-electron chi connectivity index (χ1n) is 11.2. The molecule has 7 heteroatoms. The Morgan fingerprint density at radius 2 is 1.64 bits per heavy atom. The molecule has 0 amide bonds. The predicted molar refractivity (Wildman–Crippen MR) is 125 cm³/mol. The lowest BCUT2D eigenvalue weighted by atomic mass is 9.86. The summed E-state index contributed by atoms with van der Waals surface area (Å²) >= 11 is 0. The molecule has 0 fully saturated rings. The molecule has 2 atom stereocenters. The van der Waals surface area contributed by atoms with Crippen molar-refractivity contribution in [2.45, 2.75) is 51.9 Å². The van der Waals surface area contributed by atoms with Crippen molar-refractivity contribution >= 4 is 11.3 Å². The molecule has 1 N–H and O–H groups in total. The maximum Gasteiger partial charge on any atom is 0.164 e. The molecule has 0 bridgehead atoms. The molecule has 7 nitrogen and oxygen atoms in total. The van der Waals surface area contributed by atoms with Gasteiger partial charge in [0.25, 0.3) is 0 Å². The fourth-order valence-electron chi connectivity index (χ4n) is 4.48. The number of fused-ring (bicyclic) bond motifs is 6. The predicted octanol–water partition coefficient (Wildman–Crippen LogP) is 4.47. The third-order valence-electron chi connectivity index (χ3n) is 6.23. The Balaban J connectivity index is 0.00000126. The molecule has 0 spiro atoms. The second kappa shape index (κ2) is 8.71. The fraction of sp³-hybridized carbons (Fsp3) is 0.462. The Hall–Kier alpha value is -3.06. The summed E-state index contributed by atoms with van der Waals surface area (Å²) in [6.07, 6.45) is -0.578. The highest BCUT2D eigenvalue weighted by Crippen LogP contribution is 2.51. The van der Waals surface area contributed by atoms with Gasteiger partial charge >= 0.3 is 0 Å². The van der Waals surface area contributed by atoms with Crippen LogP contribution in [0.1, 0.15) is 44.4 Å². The zero-order valence-corrected chi connectivity index (χ0v) is 20.3. The third-order valence-corrected chi connectivity index (χ3v) is 6.23. The van der Waals surface area contributed by atoms with Crippen molar-refractivity contribution in [3.8, 4) is 28.7 Å². The molecule has 33 heavy (non-hydrogen) atoms. The number of aliphatic hydroxyl groups excluding tert-OH is 1. The Morgan fingerprint density at radius 1 is 0.939 bits per heavy atom. The second-order valence-electron chi connectivity index (χ2n) is 8.41. The van der Waals surface area contributed by atoms with Gasteiger partial charge in [0.1, 0.15) is 35.2 Å². The van der Waals surface area contributed by atoms with Gasteiger partial charge in [-0.3, -0.25) is 0 Å². The van der Waals surface area contributed by atoms with Crippen LogP contribution in [0.15, 0.2) is 24.3 Å². The Kier molecular flexibility index (Phi) is 6.10. The van der Waals surface area contributed by atoms with Crippen LogP contribution in [0.25, 0.3) is 11.3 Å². The van der Waals surface area contributed by atoms with E-state index in [1.165, 1.54) is 0 Å². The lowest BCUT2D eigenvalue weighted by Gasteiger charge is -2.40. The molecular weight excluding hydrogens is 424 g/mol. The minimum absolute atomic E-state index is 0.322. The molecule has 0 aromatic heterocycles. The molecule has 2 aromatic carbocycles. The number of hydrogen-bond donors (Lipinski definition) is 1. The van der Waals surface area contributed by atoms with E-state index in [1.807, 2.05) is 52.0 Å². The van der Waals surface area contributed by atoms with Gasteiger partial charge in [-0.1, -0.05) is 13.8 Å². The molecule has 0 radical (unpaired) electrons. The zero-order valence-electron chi connectivity index (χ0n) is 20.3. The zero-order chi connectivity index (χ0) is 23.9. The lowest BCUT2D eigenvalue weighted by molar-refractivity contribution is -0.0421. The van der Waals surface area contributed by atoms with E-state index in [2.05, 4.69) is 0 Å². The van der Waals surface area contributed by atoms with E-state index < -0.39 is 11.7 Å². The largest absolute Gasteiger partial charge is 0.496 e. The van der Waals surface area contributed by atoms with E-state index in [1.54, 1.807) is 21.3 Å². The van der Waals surface area contributed by atoms with Crippen molar-refractivity contribution in [1.29, 1.82) is 0 Å². The lowest BCUT2D eigenvalue weighted by Crippen LogP contribution is -2.46. The SMILES string of the molecule is CC.COC1=C2c3cc(OC)c(OC)cc3OC[C@H]2Oc2c1ccc1c2CC(O)C(C)(C)O1. The van der Waals surface area contributed by atoms with Crippen LogP contribution >= 0.6 is 0 Å². The Bertz CT molecular complexity index is 1090. The molecule has 2 aromatic rings. The average molecular weight is 457 g/mol. The molecule has 3 heterocycles. The van der Waals surface area contributed by atoms with Crippen LogP contribution in [-0.2, 0) is 11.2 Å². The highest BCUT2D eigenvalue weighted by molar-refractivity contribution is 5.96. The minimum atomic E-state index is -0.663. The number of aliphatic hydroxyl groups is 1. The van der Waals surface area contributed by atoms with Crippen LogP contribution in [-0.4, -0.2) is 50.9 Å². The van der Waals surface area contributed by atoms with Crippen LogP contribution in [0, 0.1) is 0 Å². The third kappa shape index (κ3) is 3.64. The van der Waals surface area contributed by atoms with Crippen LogP contribution in [0.5, 0.6) is 28.7 Å². The summed E-state index contributed by atoms with van der Waals surface area (Å²) in [6, 6.07) is 7.57.